The number of rotatable bonds is 58. The summed E-state index contributed by atoms with van der Waals surface area (Å²) in [5.41, 5.74) is 0. The van der Waals surface area contributed by atoms with Crippen molar-refractivity contribution in [3.63, 3.8) is 0 Å². The van der Waals surface area contributed by atoms with Gasteiger partial charge in [-0.15, -0.1) is 0 Å². The second-order valence-electron chi connectivity index (χ2n) is 25.1. The maximum atomic E-state index is 11.3. The highest BCUT2D eigenvalue weighted by molar-refractivity contribution is 14.1. The molecule has 2 aliphatic heterocycles. The van der Waals surface area contributed by atoms with Gasteiger partial charge in [-0.25, -0.2) is 0 Å². The number of epoxide rings is 1. The molecule has 2 N–H and O–H groups in total. The second kappa shape index (κ2) is 88.5. The number of hydrogen-bond acceptors (Lipinski definition) is 8. The molecule has 0 bridgehead atoms. The highest BCUT2D eigenvalue weighted by Gasteiger charge is 2.36. The molecule has 0 aromatic carbocycles. The van der Waals surface area contributed by atoms with Gasteiger partial charge in [0.1, 0.15) is 12.0 Å². The third kappa shape index (κ3) is 88.5. The number of hydrogen-bond donors (Lipinski definition) is 2. The quantitative estimate of drug-likeness (QED) is 0.0152. The van der Waals surface area contributed by atoms with Crippen LogP contribution in [0.5, 0.6) is 0 Å². The molecule has 0 saturated carbocycles. The summed E-state index contributed by atoms with van der Waals surface area (Å²) < 4.78 is 16.7. The van der Waals surface area contributed by atoms with Crippen molar-refractivity contribution in [1.82, 2.24) is 0 Å². The van der Waals surface area contributed by atoms with E-state index >= 15 is 0 Å². The fourth-order valence-electron chi connectivity index (χ4n) is 9.51. The molecule has 2 atom stereocenters. The van der Waals surface area contributed by atoms with E-state index in [4.69, 9.17) is 19.7 Å². The van der Waals surface area contributed by atoms with Crippen molar-refractivity contribution in [3.8, 4) is 0 Å². The fourth-order valence-corrected chi connectivity index (χ4v) is 10.1. The van der Waals surface area contributed by atoms with Crippen molar-refractivity contribution in [3.05, 3.63) is 204 Å². The van der Waals surface area contributed by atoms with E-state index in [9.17, 15) is 19.2 Å². The molecule has 0 radical (unpaired) electrons. The number of aliphatic hydroxyl groups is 1. The van der Waals surface area contributed by atoms with Crippen LogP contribution in [-0.4, -0.2) is 60.3 Å². The lowest BCUT2D eigenvalue weighted by Gasteiger charge is -2.15. The largest absolute Gasteiger partial charge is 0.481 e. The van der Waals surface area contributed by atoms with E-state index in [-0.39, 0.29) is 25.0 Å². The van der Waals surface area contributed by atoms with Gasteiger partial charge < -0.3 is 29.2 Å². The molecule has 2 saturated heterocycles. The van der Waals surface area contributed by atoms with Crippen LogP contribution in [0.25, 0.3) is 0 Å². The number of aliphatic hydroxyl groups excluding tert-OH is 1. The lowest BCUT2D eigenvalue weighted by molar-refractivity contribution is -0.142. The number of methoxy groups -OCH3 is 1. The summed E-state index contributed by atoms with van der Waals surface area (Å²) in [7, 11) is 1.43. The number of carbonyl (C=O) groups excluding carboxylic acids is 3. The van der Waals surface area contributed by atoms with Crippen molar-refractivity contribution < 1.29 is 43.6 Å². The second-order valence-corrected chi connectivity index (χ2v) is 26.4. The maximum absolute atomic E-state index is 11.3. The van der Waals surface area contributed by atoms with Crippen molar-refractivity contribution in [1.29, 1.82) is 0 Å². The molecule has 10 heteroatoms. The number of cyclic esters (lactones) is 1. The van der Waals surface area contributed by atoms with E-state index in [0.717, 1.165) is 144 Å². The maximum Gasteiger partial charge on any atom is 0.310 e. The molecule has 0 amide bonds. The van der Waals surface area contributed by atoms with Crippen LogP contribution in [-0.2, 0) is 33.4 Å². The number of carboxylic acid groups (broad SMARTS) is 1. The third-order valence-electron chi connectivity index (χ3n) is 15.6. The van der Waals surface area contributed by atoms with Gasteiger partial charge in [0.15, 0.2) is 0 Å². The van der Waals surface area contributed by atoms with Crippen LogP contribution in [0.15, 0.2) is 204 Å². The Hall–Kier alpha value is -5.69. The fraction of sp³-hybridized carbons (Fsp3) is 0.582. The highest BCUT2D eigenvalue weighted by Crippen LogP contribution is 2.30. The number of carbonyl (C=O) groups is 4. The molecule has 0 aromatic heterocycles. The molecule has 2 unspecified atom stereocenters. The number of carboxylic acids is 1. The van der Waals surface area contributed by atoms with Crippen LogP contribution >= 0.6 is 22.6 Å². The van der Waals surface area contributed by atoms with E-state index in [1.165, 1.54) is 136 Å². The first-order chi connectivity index (χ1) is 49.6. The summed E-state index contributed by atoms with van der Waals surface area (Å²) in [5.74, 6) is -0.0593. The van der Waals surface area contributed by atoms with Gasteiger partial charge in [-0.05, 0) is 209 Å². The number of allylic oxidation sites excluding steroid dienone is 32. The van der Waals surface area contributed by atoms with Crippen LogP contribution in [0, 0.1) is 0 Å². The Morgan fingerprint density at radius 3 is 1.07 bits per heavy atom. The summed E-state index contributed by atoms with van der Waals surface area (Å²) in [6.45, 7) is 11.4. The summed E-state index contributed by atoms with van der Waals surface area (Å²) in [6.07, 6.45) is 118. The average molecular weight is 1510 g/mol. The average Bonchev–Trinajstić information content (AvgIpc) is 1.72. The Balaban J connectivity index is -0.00000120. The first kappa shape index (κ1) is 99.5. The summed E-state index contributed by atoms with van der Waals surface area (Å²) in [6, 6.07) is 0. The highest BCUT2D eigenvalue weighted by atomic mass is 127. The minimum absolute atomic E-state index is 0.0879. The van der Waals surface area contributed by atoms with E-state index in [1.54, 1.807) is 0 Å². The minimum atomic E-state index is -0.712. The number of aliphatic carboxylic acids is 1. The van der Waals surface area contributed by atoms with Gasteiger partial charge in [-0.3, -0.25) is 14.4 Å². The number of ether oxygens (including phenoxy) is 3. The molecule has 570 valence electrons. The zero-order chi connectivity index (χ0) is 74.3. The number of halogens is 1. The van der Waals surface area contributed by atoms with Crippen LogP contribution in [0.4, 0.5) is 0 Å². The SMILES string of the molecule is CCCCC/C=C\C/C=C\C/C=C\C/C(I)=C1\CCCC(=O)O1.CCCCC/C=C\C/C=C\C/C=C\C/C=C\CCCC(=O)O.CCCCC/C=C\C/C=C\C/C=C\CC1OC1CCCC(=O)OC.CCCCC/C=C\C/C=C\C/C=C\CC=O.CCCCC/C=C\C/C=C\C/C=C\CCO. The Bertz CT molecular complexity index is 2410. The van der Waals surface area contributed by atoms with Crippen LogP contribution in [0.1, 0.15) is 317 Å². The zero-order valence-corrected chi connectivity index (χ0v) is 66.8. The van der Waals surface area contributed by atoms with Crippen molar-refractivity contribution >= 4 is 46.8 Å². The molecule has 2 rings (SSSR count). The molecular formula is C91H145IO9. The summed E-state index contributed by atoms with van der Waals surface area (Å²) in [4.78, 5) is 42.6. The summed E-state index contributed by atoms with van der Waals surface area (Å²) >= 11 is 2.29. The smallest absolute Gasteiger partial charge is 0.310 e. The van der Waals surface area contributed by atoms with E-state index in [1.807, 2.05) is 18.2 Å². The Kier molecular flexibility index (Phi) is 87.2. The zero-order valence-electron chi connectivity index (χ0n) is 64.7. The molecule has 2 heterocycles. The van der Waals surface area contributed by atoms with Crippen molar-refractivity contribution in [2.75, 3.05) is 13.7 Å². The molecule has 101 heavy (non-hydrogen) atoms. The normalized spacial score (nSPS) is 15.6. The van der Waals surface area contributed by atoms with E-state index < -0.39 is 5.97 Å². The molecular weight excluding hydrogens is 1360 g/mol. The van der Waals surface area contributed by atoms with E-state index in [2.05, 4.69) is 238 Å². The van der Waals surface area contributed by atoms with Crippen molar-refractivity contribution in [2.24, 2.45) is 0 Å². The molecule has 0 aliphatic carbocycles. The van der Waals surface area contributed by atoms with E-state index in [0.29, 0.717) is 31.5 Å². The molecule has 0 aromatic rings. The van der Waals surface area contributed by atoms with Gasteiger partial charge in [0.25, 0.3) is 0 Å². The van der Waals surface area contributed by atoms with Gasteiger partial charge in [0.2, 0.25) is 0 Å². The van der Waals surface area contributed by atoms with Gasteiger partial charge in [0, 0.05) is 42.3 Å². The van der Waals surface area contributed by atoms with Crippen molar-refractivity contribution in [2.45, 2.75) is 329 Å². The Labute approximate surface area is 633 Å². The number of unbranched alkanes of at least 4 members (excludes halogenated alkanes) is 16. The molecule has 2 aliphatic rings. The Morgan fingerprint density at radius 1 is 0.416 bits per heavy atom. The monoisotopic (exact) mass is 1510 g/mol. The molecule has 9 nitrogen and oxygen atoms in total. The van der Waals surface area contributed by atoms with Crippen LogP contribution < -0.4 is 0 Å². The van der Waals surface area contributed by atoms with Gasteiger partial charge >= 0.3 is 17.9 Å². The lowest BCUT2D eigenvalue weighted by Crippen LogP contribution is -2.11. The third-order valence-corrected chi connectivity index (χ3v) is 16.6. The summed E-state index contributed by atoms with van der Waals surface area (Å²) in [5, 5.41) is 17.0. The predicted molar refractivity (Wildman–Crippen MR) is 446 cm³/mol. The van der Waals surface area contributed by atoms with Gasteiger partial charge in [0.05, 0.1) is 19.3 Å². The predicted octanol–water partition coefficient (Wildman–Crippen LogP) is 27.5. The van der Waals surface area contributed by atoms with Crippen LogP contribution in [0.3, 0.4) is 0 Å². The first-order valence-corrected chi connectivity index (χ1v) is 40.7. The van der Waals surface area contributed by atoms with Gasteiger partial charge in [-0.1, -0.05) is 293 Å². The van der Waals surface area contributed by atoms with Gasteiger partial charge in [-0.2, -0.15) is 0 Å². The number of esters is 2. The number of aldehydes is 1. The minimum Gasteiger partial charge on any atom is -0.481 e. The molecule has 0 spiro atoms. The topological polar surface area (TPSA) is 140 Å². The molecule has 2 fully saturated rings. The first-order valence-electron chi connectivity index (χ1n) is 39.6. The Morgan fingerprint density at radius 2 is 0.743 bits per heavy atom. The lowest BCUT2D eigenvalue weighted by atomic mass is 10.1. The standard InChI is InChI=1S/C21H34O3.C20H29IO2.C20H32O2.C15H26O.C15H24O/c1-3-4-5-6-7-8-9-10-11-12-13-14-16-19-20(24-19)17-15-18-21(22)23-2;1-2-3-4-5-6-7-8-9-10-11-12-13-15-18(21)19-16-14-17-20(22)23-19;1-2-3-4-5-6-7-8-9-10-11-12-13-14-15-16-17-18-19-20(21)22;2*1-2-3-4-5-6-7-8-9-10-11-12-13-14-15-16/h7-8,10-11,13-14,19-20H,3-6,9,12,15-18H2,1-2H3;6-7,9-10,12-13H,2-5,8,11,14-17H2,1H3;6-7,9-10,12-13,15-16H,2-5,8,11,14,17-19H2,1H3,(H,21,22);6-7,9-10,12-13,16H,2-5,8,11,14-15H2,1H3;6-7,9-10,12-13,15H,2-5,8,11,14H2,1H3/b8-7-,11-10-,14-13-;7-6-,10-9-,13-12-,19-18-;7-6-,10-9-,13-12-,16-15-;2*7-6-,10-9-,13-12-. The van der Waals surface area contributed by atoms with Crippen LogP contribution in [0.2, 0.25) is 0 Å².